The first-order valence-electron chi connectivity index (χ1n) is 7.99. The molecule has 0 saturated carbocycles. The number of amides is 1. The van der Waals surface area contributed by atoms with Gasteiger partial charge in [0.25, 0.3) is 5.91 Å². The third-order valence-electron chi connectivity index (χ3n) is 4.45. The number of thiazole rings is 1. The zero-order chi connectivity index (χ0) is 17.6. The van der Waals surface area contributed by atoms with Crippen molar-refractivity contribution in [1.82, 2.24) is 19.7 Å². The second-order valence-corrected chi connectivity index (χ2v) is 7.42. The van der Waals surface area contributed by atoms with Crippen molar-refractivity contribution in [2.45, 2.75) is 13.0 Å². The van der Waals surface area contributed by atoms with Gasteiger partial charge >= 0.3 is 0 Å². The van der Waals surface area contributed by atoms with Crippen molar-refractivity contribution in [3.05, 3.63) is 45.7 Å². The van der Waals surface area contributed by atoms with Gasteiger partial charge in [-0.05, 0) is 19.1 Å². The Hall–Kier alpha value is -1.96. The maximum absolute atomic E-state index is 13.1. The Morgan fingerprint density at radius 2 is 2.20 bits per heavy atom. The van der Waals surface area contributed by atoms with Gasteiger partial charge in [-0.2, -0.15) is 5.10 Å². The van der Waals surface area contributed by atoms with Gasteiger partial charge in [0.1, 0.15) is 11.0 Å². The highest BCUT2D eigenvalue weighted by atomic mass is 35.5. The van der Waals surface area contributed by atoms with Crippen LogP contribution in [-0.2, 0) is 11.8 Å². The van der Waals surface area contributed by atoms with E-state index < -0.39 is 0 Å². The molecule has 1 amide bonds. The summed E-state index contributed by atoms with van der Waals surface area (Å²) in [5, 5.41) is 5.57. The number of rotatable bonds is 2. The third kappa shape index (κ3) is 2.82. The molecule has 0 bridgehead atoms. The van der Waals surface area contributed by atoms with Crippen molar-refractivity contribution in [3.63, 3.8) is 0 Å². The number of morpholine rings is 1. The van der Waals surface area contributed by atoms with E-state index in [1.54, 1.807) is 28.0 Å². The number of para-hydroxylation sites is 1. The smallest absolute Gasteiger partial charge is 0.276 e. The van der Waals surface area contributed by atoms with Crippen molar-refractivity contribution < 1.29 is 9.53 Å². The van der Waals surface area contributed by atoms with E-state index in [2.05, 4.69) is 5.10 Å². The Labute approximate surface area is 154 Å². The Kier molecular flexibility index (Phi) is 4.23. The lowest BCUT2D eigenvalue weighted by atomic mass is 10.2. The molecule has 1 fully saturated rings. The first-order chi connectivity index (χ1) is 12.1. The fraction of sp³-hybridized carbons (Fsp3) is 0.353. The van der Waals surface area contributed by atoms with Crippen LogP contribution in [0.2, 0.25) is 5.02 Å². The van der Waals surface area contributed by atoms with Gasteiger partial charge in [-0.1, -0.05) is 23.7 Å². The monoisotopic (exact) mass is 376 g/mol. The molecule has 1 atom stereocenters. The normalized spacial score (nSPS) is 18.0. The average molecular weight is 377 g/mol. The maximum Gasteiger partial charge on any atom is 0.276 e. The molecule has 1 aromatic carbocycles. The van der Waals surface area contributed by atoms with Gasteiger partial charge in [0.05, 0.1) is 34.1 Å². The standard InChI is InChI=1S/C17H17ClN4O2S/c1-10-14(18)15(20-21(10)2)17(23)22-7-8-24-9-12(22)16-19-11-5-3-4-6-13(11)25-16/h3-6,12H,7-9H2,1-2H3/t12-/m0/s1. The van der Waals surface area contributed by atoms with Gasteiger partial charge in [-0.3, -0.25) is 9.48 Å². The molecule has 0 aliphatic carbocycles. The van der Waals surface area contributed by atoms with Crippen LogP contribution in [-0.4, -0.2) is 45.3 Å². The molecular formula is C17H17ClN4O2S. The average Bonchev–Trinajstić information content (AvgIpc) is 3.18. The van der Waals surface area contributed by atoms with Crippen LogP contribution in [0.15, 0.2) is 24.3 Å². The lowest BCUT2D eigenvalue weighted by Crippen LogP contribution is -2.43. The Balaban J connectivity index is 1.71. The summed E-state index contributed by atoms with van der Waals surface area (Å²) in [6.45, 7) is 3.26. The second kappa shape index (κ2) is 6.40. The van der Waals surface area contributed by atoms with Crippen LogP contribution in [0.25, 0.3) is 10.2 Å². The molecule has 1 aliphatic rings. The molecule has 1 saturated heterocycles. The molecule has 4 rings (SSSR count). The molecule has 3 aromatic rings. The van der Waals surface area contributed by atoms with Gasteiger partial charge in [-0.25, -0.2) is 4.98 Å². The van der Waals surface area contributed by atoms with E-state index in [-0.39, 0.29) is 17.6 Å². The summed E-state index contributed by atoms with van der Waals surface area (Å²) < 4.78 is 8.35. The van der Waals surface area contributed by atoms with E-state index in [4.69, 9.17) is 21.3 Å². The van der Waals surface area contributed by atoms with Crippen LogP contribution >= 0.6 is 22.9 Å². The first-order valence-corrected chi connectivity index (χ1v) is 9.19. The quantitative estimate of drug-likeness (QED) is 0.689. The SMILES string of the molecule is Cc1c(Cl)c(C(=O)N2CCOC[C@H]2c2nc3ccccc3s2)nn1C. The number of aryl methyl sites for hydroxylation is 1. The van der Waals surface area contributed by atoms with E-state index in [1.165, 1.54) is 0 Å². The molecule has 6 nitrogen and oxygen atoms in total. The Bertz CT molecular complexity index is 918. The molecule has 0 unspecified atom stereocenters. The minimum atomic E-state index is -0.225. The van der Waals surface area contributed by atoms with E-state index in [0.717, 1.165) is 20.9 Å². The van der Waals surface area contributed by atoms with Gasteiger partial charge in [0, 0.05) is 13.6 Å². The van der Waals surface area contributed by atoms with E-state index in [9.17, 15) is 4.79 Å². The molecule has 2 aromatic heterocycles. The zero-order valence-electron chi connectivity index (χ0n) is 13.9. The lowest BCUT2D eigenvalue weighted by molar-refractivity contribution is -0.00303. The van der Waals surface area contributed by atoms with E-state index in [1.807, 2.05) is 31.2 Å². The van der Waals surface area contributed by atoms with Crippen molar-refractivity contribution in [2.75, 3.05) is 19.8 Å². The van der Waals surface area contributed by atoms with Crippen molar-refractivity contribution in [2.24, 2.45) is 7.05 Å². The molecule has 0 N–H and O–H groups in total. The highest BCUT2D eigenvalue weighted by molar-refractivity contribution is 7.18. The summed E-state index contributed by atoms with van der Waals surface area (Å²) in [6, 6.07) is 7.73. The number of hydrogen-bond donors (Lipinski definition) is 0. The fourth-order valence-corrected chi connectivity index (χ4v) is 4.25. The molecule has 1 aliphatic heterocycles. The molecular weight excluding hydrogens is 360 g/mol. The Morgan fingerprint density at radius 3 is 2.92 bits per heavy atom. The predicted octanol–water partition coefficient (Wildman–Crippen LogP) is 3.21. The third-order valence-corrected chi connectivity index (χ3v) is 6.04. The van der Waals surface area contributed by atoms with Gasteiger partial charge in [0.15, 0.2) is 5.69 Å². The summed E-state index contributed by atoms with van der Waals surface area (Å²) in [6.07, 6.45) is 0. The van der Waals surface area contributed by atoms with E-state index in [0.29, 0.717) is 24.8 Å². The number of carbonyl (C=O) groups is 1. The number of hydrogen-bond acceptors (Lipinski definition) is 5. The summed E-state index contributed by atoms with van der Waals surface area (Å²) >= 11 is 7.90. The number of benzene rings is 1. The van der Waals surface area contributed by atoms with Crippen molar-refractivity contribution in [1.29, 1.82) is 0 Å². The largest absolute Gasteiger partial charge is 0.377 e. The van der Waals surface area contributed by atoms with Gasteiger partial charge < -0.3 is 9.64 Å². The summed E-state index contributed by atoms with van der Waals surface area (Å²) in [5.74, 6) is -0.179. The predicted molar refractivity (Wildman–Crippen MR) is 97.2 cm³/mol. The highest BCUT2D eigenvalue weighted by Gasteiger charge is 2.34. The number of fused-ring (bicyclic) bond motifs is 1. The highest BCUT2D eigenvalue weighted by Crippen LogP contribution is 2.33. The lowest BCUT2D eigenvalue weighted by Gasteiger charge is -2.34. The fourth-order valence-electron chi connectivity index (χ4n) is 2.94. The number of ether oxygens (including phenoxy) is 1. The van der Waals surface area contributed by atoms with E-state index >= 15 is 0 Å². The molecule has 0 spiro atoms. The molecule has 3 heterocycles. The number of carbonyl (C=O) groups excluding carboxylic acids is 1. The maximum atomic E-state index is 13.1. The number of halogens is 1. The summed E-state index contributed by atoms with van der Waals surface area (Å²) in [7, 11) is 1.78. The van der Waals surface area contributed by atoms with Crippen LogP contribution in [0.5, 0.6) is 0 Å². The molecule has 25 heavy (non-hydrogen) atoms. The second-order valence-electron chi connectivity index (χ2n) is 5.98. The summed E-state index contributed by atoms with van der Waals surface area (Å²) in [5.41, 5.74) is 2.00. The van der Waals surface area contributed by atoms with Crippen molar-refractivity contribution >= 4 is 39.1 Å². The topological polar surface area (TPSA) is 60.3 Å². The van der Waals surface area contributed by atoms with Crippen molar-refractivity contribution in [3.8, 4) is 0 Å². The molecule has 8 heteroatoms. The Morgan fingerprint density at radius 1 is 1.40 bits per heavy atom. The first kappa shape index (κ1) is 16.5. The molecule has 0 radical (unpaired) electrons. The van der Waals surface area contributed by atoms with Gasteiger partial charge in [0.2, 0.25) is 0 Å². The van der Waals surface area contributed by atoms with Crippen LogP contribution in [0.1, 0.15) is 27.2 Å². The minimum absolute atomic E-state index is 0.179. The van der Waals surface area contributed by atoms with Crippen LogP contribution in [0, 0.1) is 6.92 Å². The number of nitrogens with zero attached hydrogens (tertiary/aromatic N) is 4. The zero-order valence-corrected chi connectivity index (χ0v) is 15.5. The van der Waals surface area contributed by atoms with Crippen LogP contribution < -0.4 is 0 Å². The minimum Gasteiger partial charge on any atom is -0.377 e. The van der Waals surface area contributed by atoms with Crippen LogP contribution in [0.4, 0.5) is 0 Å². The molecule has 130 valence electrons. The van der Waals surface area contributed by atoms with Gasteiger partial charge in [-0.15, -0.1) is 11.3 Å². The van der Waals surface area contributed by atoms with Crippen LogP contribution in [0.3, 0.4) is 0 Å². The number of aromatic nitrogens is 3. The summed E-state index contributed by atoms with van der Waals surface area (Å²) in [4.78, 5) is 19.5.